The number of carbonyl (C=O) groups is 1. The lowest BCUT2D eigenvalue weighted by molar-refractivity contribution is -0.384. The van der Waals surface area contributed by atoms with Gasteiger partial charge >= 0.3 is 0 Å². The second-order valence-electron chi connectivity index (χ2n) is 3.93. The highest BCUT2D eigenvalue weighted by Gasteiger charge is 2.24. The van der Waals surface area contributed by atoms with E-state index in [-0.39, 0.29) is 23.2 Å². The normalized spacial score (nSPS) is 15.0. The van der Waals surface area contributed by atoms with Crippen molar-refractivity contribution in [2.45, 2.75) is 12.8 Å². The fraction of sp³-hybridized carbons (Fsp3) is 0.364. The Morgan fingerprint density at radius 1 is 1.35 bits per heavy atom. The van der Waals surface area contributed by atoms with Crippen molar-refractivity contribution in [2.24, 2.45) is 0 Å². The molecule has 0 radical (unpaired) electrons. The fourth-order valence-corrected chi connectivity index (χ4v) is 2.02. The van der Waals surface area contributed by atoms with Crippen LogP contribution in [0.5, 0.6) is 0 Å². The van der Waals surface area contributed by atoms with Crippen molar-refractivity contribution in [1.29, 1.82) is 0 Å². The van der Waals surface area contributed by atoms with Crippen molar-refractivity contribution in [2.75, 3.05) is 18.0 Å². The minimum Gasteiger partial charge on any atom is -0.366 e. The zero-order valence-electron chi connectivity index (χ0n) is 9.06. The molecule has 0 aliphatic carbocycles. The molecule has 1 aromatic rings. The lowest BCUT2D eigenvalue weighted by Crippen LogP contribution is -2.19. The number of nitrogens with zero attached hydrogens (tertiary/aromatic N) is 2. The van der Waals surface area contributed by atoms with Crippen LogP contribution in [0.25, 0.3) is 0 Å². The van der Waals surface area contributed by atoms with E-state index in [0.717, 1.165) is 25.0 Å². The number of anilines is 1. The summed E-state index contributed by atoms with van der Waals surface area (Å²) in [6, 6.07) is 2.07. The molecule has 17 heavy (non-hydrogen) atoms. The maximum Gasteiger partial charge on any atom is 0.293 e. The van der Waals surface area contributed by atoms with Gasteiger partial charge < -0.3 is 4.90 Å². The van der Waals surface area contributed by atoms with Crippen LogP contribution in [0.4, 0.5) is 15.8 Å². The lowest BCUT2D eigenvalue weighted by Gasteiger charge is -2.17. The Hall–Kier alpha value is -1.98. The first-order valence-corrected chi connectivity index (χ1v) is 5.31. The zero-order valence-corrected chi connectivity index (χ0v) is 9.06. The minimum absolute atomic E-state index is 0.213. The maximum absolute atomic E-state index is 13.5. The van der Waals surface area contributed by atoms with Gasteiger partial charge in [0.1, 0.15) is 11.5 Å². The molecule has 0 amide bonds. The van der Waals surface area contributed by atoms with Crippen LogP contribution in [0.3, 0.4) is 0 Å². The zero-order chi connectivity index (χ0) is 12.4. The van der Waals surface area contributed by atoms with Gasteiger partial charge in [0, 0.05) is 25.2 Å². The molecule has 1 saturated heterocycles. The van der Waals surface area contributed by atoms with Crippen molar-refractivity contribution in [1.82, 2.24) is 0 Å². The highest BCUT2D eigenvalue weighted by Crippen LogP contribution is 2.32. The summed E-state index contributed by atoms with van der Waals surface area (Å²) < 4.78 is 13.5. The molecule has 5 nitrogen and oxygen atoms in total. The van der Waals surface area contributed by atoms with Gasteiger partial charge in [-0.1, -0.05) is 0 Å². The van der Waals surface area contributed by atoms with E-state index in [2.05, 4.69) is 0 Å². The van der Waals surface area contributed by atoms with Crippen molar-refractivity contribution in [3.05, 3.63) is 33.6 Å². The summed E-state index contributed by atoms with van der Waals surface area (Å²) in [5, 5.41) is 10.9. The van der Waals surface area contributed by atoms with Crippen LogP contribution >= 0.6 is 0 Å². The minimum atomic E-state index is -0.715. The van der Waals surface area contributed by atoms with Crippen LogP contribution in [0.1, 0.15) is 23.2 Å². The molecular weight excluding hydrogens is 227 g/mol. The molecule has 0 N–H and O–H groups in total. The van der Waals surface area contributed by atoms with Crippen molar-refractivity contribution >= 4 is 17.7 Å². The number of hydrogen-bond donors (Lipinski definition) is 0. The van der Waals surface area contributed by atoms with Crippen molar-refractivity contribution < 1.29 is 14.1 Å². The van der Waals surface area contributed by atoms with E-state index < -0.39 is 10.7 Å². The monoisotopic (exact) mass is 238 g/mol. The Morgan fingerprint density at radius 2 is 2.00 bits per heavy atom. The van der Waals surface area contributed by atoms with E-state index in [1.165, 1.54) is 0 Å². The Balaban J connectivity index is 2.52. The van der Waals surface area contributed by atoms with Gasteiger partial charge in [-0.2, -0.15) is 0 Å². The van der Waals surface area contributed by atoms with Gasteiger partial charge in [-0.3, -0.25) is 14.9 Å². The molecule has 0 spiro atoms. The molecule has 1 aliphatic heterocycles. The van der Waals surface area contributed by atoms with Crippen LogP contribution in [0.2, 0.25) is 0 Å². The first-order chi connectivity index (χ1) is 8.13. The SMILES string of the molecule is O=Cc1cc([N+](=O)[O-])c(N2CCCC2)cc1F. The van der Waals surface area contributed by atoms with Gasteiger partial charge in [-0.15, -0.1) is 0 Å². The van der Waals surface area contributed by atoms with Gasteiger partial charge in [0.15, 0.2) is 6.29 Å². The van der Waals surface area contributed by atoms with E-state index in [4.69, 9.17) is 0 Å². The van der Waals surface area contributed by atoms with E-state index in [0.29, 0.717) is 13.1 Å². The predicted octanol–water partition coefficient (Wildman–Crippen LogP) is 2.15. The molecule has 0 saturated carbocycles. The van der Waals surface area contributed by atoms with Crippen LogP contribution in [-0.4, -0.2) is 24.3 Å². The second-order valence-corrected chi connectivity index (χ2v) is 3.93. The first kappa shape index (κ1) is 11.5. The third-order valence-electron chi connectivity index (χ3n) is 2.86. The Kier molecular flexibility index (Phi) is 3.03. The van der Waals surface area contributed by atoms with Gasteiger partial charge in [-0.05, 0) is 12.8 Å². The lowest BCUT2D eigenvalue weighted by atomic mass is 10.1. The van der Waals surface area contributed by atoms with E-state index in [9.17, 15) is 19.3 Å². The quantitative estimate of drug-likeness (QED) is 0.459. The molecule has 0 unspecified atom stereocenters. The highest BCUT2D eigenvalue weighted by molar-refractivity contribution is 5.80. The molecule has 2 rings (SSSR count). The summed E-state index contributed by atoms with van der Waals surface area (Å²) in [6.07, 6.45) is 2.17. The molecule has 1 aliphatic rings. The summed E-state index contributed by atoms with van der Waals surface area (Å²) in [6.45, 7) is 1.36. The maximum atomic E-state index is 13.5. The van der Waals surface area contributed by atoms with Crippen molar-refractivity contribution in [3.8, 4) is 0 Å². The largest absolute Gasteiger partial charge is 0.366 e. The predicted molar refractivity (Wildman–Crippen MR) is 59.9 cm³/mol. The van der Waals surface area contributed by atoms with Gasteiger partial charge in [0.25, 0.3) is 5.69 Å². The molecule has 1 aromatic carbocycles. The number of nitro groups is 1. The second kappa shape index (κ2) is 4.48. The molecule has 0 atom stereocenters. The molecule has 0 bridgehead atoms. The molecular formula is C11H11FN2O3. The number of rotatable bonds is 3. The van der Waals surface area contributed by atoms with Crippen molar-refractivity contribution in [3.63, 3.8) is 0 Å². The summed E-state index contributed by atoms with van der Waals surface area (Å²) in [5.74, 6) is -0.715. The van der Waals surface area contributed by atoms with Crippen LogP contribution in [-0.2, 0) is 0 Å². The molecule has 90 valence electrons. The number of benzene rings is 1. The standard InChI is InChI=1S/C11H11FN2O3/c12-9-6-10(13-3-1-2-4-13)11(14(16)17)5-8(9)7-15/h5-7H,1-4H2. The number of carbonyl (C=O) groups excluding carboxylic acids is 1. The van der Waals surface area contributed by atoms with Gasteiger partial charge in [0.05, 0.1) is 10.5 Å². The highest BCUT2D eigenvalue weighted by atomic mass is 19.1. The number of aldehydes is 1. The summed E-state index contributed by atoms with van der Waals surface area (Å²) in [5.41, 5.74) is -0.231. The average Bonchev–Trinajstić information content (AvgIpc) is 2.81. The third kappa shape index (κ3) is 2.11. The Morgan fingerprint density at radius 3 is 2.53 bits per heavy atom. The molecule has 0 aromatic heterocycles. The Bertz CT molecular complexity index is 470. The Labute approximate surface area is 97.0 Å². The van der Waals surface area contributed by atoms with Gasteiger partial charge in [-0.25, -0.2) is 4.39 Å². The van der Waals surface area contributed by atoms with E-state index >= 15 is 0 Å². The van der Waals surface area contributed by atoms with Crippen LogP contribution < -0.4 is 4.90 Å². The smallest absolute Gasteiger partial charge is 0.293 e. The number of halogens is 1. The van der Waals surface area contributed by atoms with Crippen LogP contribution in [0.15, 0.2) is 12.1 Å². The summed E-state index contributed by atoms with van der Waals surface area (Å²) >= 11 is 0. The number of nitro benzene ring substituents is 1. The van der Waals surface area contributed by atoms with E-state index in [1.54, 1.807) is 4.90 Å². The molecule has 6 heteroatoms. The van der Waals surface area contributed by atoms with E-state index in [1.807, 2.05) is 0 Å². The third-order valence-corrected chi connectivity index (χ3v) is 2.86. The average molecular weight is 238 g/mol. The molecule has 1 heterocycles. The number of hydrogen-bond acceptors (Lipinski definition) is 4. The first-order valence-electron chi connectivity index (χ1n) is 5.31. The summed E-state index contributed by atoms with van der Waals surface area (Å²) in [4.78, 5) is 22.6. The fourth-order valence-electron chi connectivity index (χ4n) is 2.02. The topological polar surface area (TPSA) is 63.4 Å². The van der Waals surface area contributed by atoms with Crippen LogP contribution in [0, 0.1) is 15.9 Å². The van der Waals surface area contributed by atoms with Gasteiger partial charge in [0.2, 0.25) is 0 Å². The summed E-state index contributed by atoms with van der Waals surface area (Å²) in [7, 11) is 0. The molecule has 1 fully saturated rings.